The SMILES string of the molecule is BrCC12CC(CO1)C2. The monoisotopic (exact) mass is 176 g/mol. The standard InChI is InChI=1S/C6H9BrO/c7-4-6-1-5(2-6)3-8-6/h5H,1-4H2. The first-order valence-corrected chi connectivity index (χ1v) is 4.17. The number of fused-ring (bicyclic) bond motifs is 1. The minimum atomic E-state index is 0.296. The van der Waals surface area contributed by atoms with E-state index in [2.05, 4.69) is 15.9 Å². The van der Waals surface area contributed by atoms with E-state index in [1.165, 1.54) is 12.8 Å². The molecule has 0 aromatic rings. The Bertz CT molecular complexity index is 102. The van der Waals surface area contributed by atoms with Gasteiger partial charge in [-0.3, -0.25) is 0 Å². The number of hydrogen-bond donors (Lipinski definition) is 0. The molecule has 2 heterocycles. The van der Waals surface area contributed by atoms with Crippen molar-refractivity contribution in [2.45, 2.75) is 18.4 Å². The van der Waals surface area contributed by atoms with E-state index in [1.807, 2.05) is 0 Å². The van der Waals surface area contributed by atoms with Gasteiger partial charge in [0.05, 0.1) is 12.2 Å². The largest absolute Gasteiger partial charge is 0.374 e. The van der Waals surface area contributed by atoms with Gasteiger partial charge in [0.15, 0.2) is 0 Å². The van der Waals surface area contributed by atoms with Gasteiger partial charge < -0.3 is 4.74 Å². The maximum absolute atomic E-state index is 5.52. The van der Waals surface area contributed by atoms with Crippen molar-refractivity contribution in [2.75, 3.05) is 11.9 Å². The van der Waals surface area contributed by atoms with Gasteiger partial charge in [0.2, 0.25) is 0 Å². The van der Waals surface area contributed by atoms with Crippen LogP contribution in [0.5, 0.6) is 0 Å². The summed E-state index contributed by atoms with van der Waals surface area (Å²) in [6.07, 6.45) is 2.61. The van der Waals surface area contributed by atoms with E-state index in [9.17, 15) is 0 Å². The van der Waals surface area contributed by atoms with Crippen LogP contribution < -0.4 is 0 Å². The van der Waals surface area contributed by atoms with Crippen molar-refractivity contribution in [1.82, 2.24) is 0 Å². The van der Waals surface area contributed by atoms with Crippen molar-refractivity contribution in [3.63, 3.8) is 0 Å². The molecule has 0 aromatic heterocycles. The third kappa shape index (κ3) is 0.504. The van der Waals surface area contributed by atoms with Gasteiger partial charge in [0.1, 0.15) is 0 Å². The smallest absolute Gasteiger partial charge is 0.0786 e. The van der Waals surface area contributed by atoms with E-state index in [0.29, 0.717) is 5.60 Å². The fourth-order valence-electron chi connectivity index (χ4n) is 1.67. The molecular formula is C6H9BrO. The summed E-state index contributed by atoms with van der Waals surface area (Å²) in [6.45, 7) is 1.02. The van der Waals surface area contributed by atoms with E-state index >= 15 is 0 Å². The lowest BCUT2D eigenvalue weighted by atomic mass is 9.76. The molecule has 2 bridgehead atoms. The fraction of sp³-hybridized carbons (Fsp3) is 1.00. The quantitative estimate of drug-likeness (QED) is 0.552. The van der Waals surface area contributed by atoms with Gasteiger partial charge in [-0.25, -0.2) is 0 Å². The molecule has 2 heteroatoms. The third-order valence-electron chi connectivity index (χ3n) is 2.19. The van der Waals surface area contributed by atoms with E-state index in [-0.39, 0.29) is 0 Å². The van der Waals surface area contributed by atoms with Gasteiger partial charge >= 0.3 is 0 Å². The van der Waals surface area contributed by atoms with Crippen LogP contribution in [0.25, 0.3) is 0 Å². The normalized spacial score (nSPS) is 51.4. The third-order valence-corrected chi connectivity index (χ3v) is 3.21. The van der Waals surface area contributed by atoms with Gasteiger partial charge in [-0.05, 0) is 18.8 Å². The molecule has 0 aromatic carbocycles. The summed E-state index contributed by atoms with van der Waals surface area (Å²) in [6, 6.07) is 0. The van der Waals surface area contributed by atoms with Crippen molar-refractivity contribution < 1.29 is 4.74 Å². The molecule has 0 N–H and O–H groups in total. The van der Waals surface area contributed by atoms with Crippen LogP contribution in [-0.2, 0) is 4.74 Å². The molecule has 0 radical (unpaired) electrons. The summed E-state index contributed by atoms with van der Waals surface area (Å²) in [5, 5.41) is 1.04. The van der Waals surface area contributed by atoms with Gasteiger partial charge in [0.25, 0.3) is 0 Å². The highest BCUT2D eigenvalue weighted by atomic mass is 79.9. The lowest BCUT2D eigenvalue weighted by Crippen LogP contribution is -2.37. The zero-order valence-electron chi connectivity index (χ0n) is 4.69. The molecular weight excluding hydrogens is 168 g/mol. The maximum Gasteiger partial charge on any atom is 0.0786 e. The van der Waals surface area contributed by atoms with Crippen molar-refractivity contribution in [3.05, 3.63) is 0 Å². The molecule has 2 saturated heterocycles. The molecule has 3 aliphatic rings. The van der Waals surface area contributed by atoms with Crippen LogP contribution >= 0.6 is 15.9 Å². The van der Waals surface area contributed by atoms with Crippen LogP contribution in [0.15, 0.2) is 0 Å². The van der Waals surface area contributed by atoms with Crippen LogP contribution in [0.3, 0.4) is 0 Å². The average molecular weight is 177 g/mol. The number of hydrogen-bond acceptors (Lipinski definition) is 1. The molecule has 0 spiro atoms. The summed E-state index contributed by atoms with van der Waals surface area (Å²) >= 11 is 3.45. The Morgan fingerprint density at radius 3 is 2.62 bits per heavy atom. The highest BCUT2D eigenvalue weighted by Crippen LogP contribution is 2.48. The molecule has 1 saturated carbocycles. The lowest BCUT2D eigenvalue weighted by molar-refractivity contribution is 0.0262. The zero-order valence-corrected chi connectivity index (χ0v) is 6.28. The Hall–Kier alpha value is 0.440. The van der Waals surface area contributed by atoms with Crippen LogP contribution in [-0.4, -0.2) is 17.5 Å². The maximum atomic E-state index is 5.52. The molecule has 0 atom stereocenters. The van der Waals surface area contributed by atoms with E-state index < -0.39 is 0 Å². The first-order chi connectivity index (χ1) is 3.85. The Kier molecular flexibility index (Phi) is 0.970. The molecule has 1 aliphatic carbocycles. The second-order valence-electron chi connectivity index (χ2n) is 2.90. The molecule has 3 fully saturated rings. The molecule has 2 aliphatic heterocycles. The van der Waals surface area contributed by atoms with Crippen molar-refractivity contribution in [2.24, 2.45) is 5.92 Å². The van der Waals surface area contributed by atoms with Crippen LogP contribution in [0, 0.1) is 5.92 Å². The van der Waals surface area contributed by atoms with E-state index in [0.717, 1.165) is 17.9 Å². The molecule has 1 nitrogen and oxygen atoms in total. The number of rotatable bonds is 1. The van der Waals surface area contributed by atoms with Gasteiger partial charge in [0, 0.05) is 5.33 Å². The highest BCUT2D eigenvalue weighted by molar-refractivity contribution is 9.09. The minimum Gasteiger partial charge on any atom is -0.374 e. The zero-order chi connectivity index (χ0) is 5.61. The lowest BCUT2D eigenvalue weighted by Gasteiger charge is -2.33. The number of ether oxygens (including phenoxy) is 1. The Labute approximate surface area is 57.5 Å². The van der Waals surface area contributed by atoms with E-state index in [1.54, 1.807) is 0 Å². The summed E-state index contributed by atoms with van der Waals surface area (Å²) in [5.74, 6) is 0.910. The first kappa shape index (κ1) is 5.24. The van der Waals surface area contributed by atoms with Gasteiger partial charge in [-0.1, -0.05) is 15.9 Å². The summed E-state index contributed by atoms with van der Waals surface area (Å²) in [5.41, 5.74) is 0.296. The van der Waals surface area contributed by atoms with Gasteiger partial charge in [-0.15, -0.1) is 0 Å². The Morgan fingerprint density at radius 1 is 1.62 bits per heavy atom. The molecule has 8 heavy (non-hydrogen) atoms. The second kappa shape index (κ2) is 1.48. The first-order valence-electron chi connectivity index (χ1n) is 3.05. The Balaban J connectivity index is 2.09. The Morgan fingerprint density at radius 2 is 2.38 bits per heavy atom. The number of alkyl halides is 1. The topological polar surface area (TPSA) is 9.23 Å². The summed E-state index contributed by atoms with van der Waals surface area (Å²) in [4.78, 5) is 0. The predicted molar refractivity (Wildman–Crippen MR) is 35.2 cm³/mol. The average Bonchev–Trinajstić information content (AvgIpc) is 2.17. The second-order valence-corrected chi connectivity index (χ2v) is 3.46. The van der Waals surface area contributed by atoms with Gasteiger partial charge in [-0.2, -0.15) is 0 Å². The van der Waals surface area contributed by atoms with Crippen LogP contribution in [0.2, 0.25) is 0 Å². The fourth-order valence-corrected chi connectivity index (χ4v) is 2.29. The van der Waals surface area contributed by atoms with Crippen LogP contribution in [0.4, 0.5) is 0 Å². The molecule has 0 unspecified atom stereocenters. The number of halogens is 1. The highest BCUT2D eigenvalue weighted by Gasteiger charge is 2.50. The summed E-state index contributed by atoms with van der Waals surface area (Å²) in [7, 11) is 0. The minimum absolute atomic E-state index is 0.296. The molecule has 3 rings (SSSR count). The van der Waals surface area contributed by atoms with Crippen LogP contribution in [0.1, 0.15) is 12.8 Å². The molecule has 46 valence electrons. The van der Waals surface area contributed by atoms with E-state index in [4.69, 9.17) is 4.74 Å². The van der Waals surface area contributed by atoms with Crippen molar-refractivity contribution in [1.29, 1.82) is 0 Å². The van der Waals surface area contributed by atoms with Crippen molar-refractivity contribution in [3.8, 4) is 0 Å². The summed E-state index contributed by atoms with van der Waals surface area (Å²) < 4.78 is 5.52. The predicted octanol–water partition coefficient (Wildman–Crippen LogP) is 1.56. The van der Waals surface area contributed by atoms with Crippen molar-refractivity contribution >= 4 is 15.9 Å². The molecule has 0 amide bonds.